The first-order chi connectivity index (χ1) is 13.8. The monoisotopic (exact) mass is 431 g/mol. The van der Waals surface area contributed by atoms with Crippen LogP contribution in [-0.4, -0.2) is 25.6 Å². The predicted octanol–water partition coefficient (Wildman–Crippen LogP) is 4.66. The van der Waals surface area contributed by atoms with Crippen molar-refractivity contribution in [2.24, 2.45) is 0 Å². The van der Waals surface area contributed by atoms with E-state index in [4.69, 9.17) is 4.74 Å². The molecular weight excluding hydrogens is 410 g/mol. The van der Waals surface area contributed by atoms with Gasteiger partial charge in [0.25, 0.3) is 0 Å². The lowest BCUT2D eigenvalue weighted by molar-refractivity contribution is -0.474. The minimum Gasteiger partial charge on any atom is -0.479 e. The predicted molar refractivity (Wildman–Crippen MR) is 114 cm³/mol. The van der Waals surface area contributed by atoms with E-state index < -0.39 is 27.1 Å². The van der Waals surface area contributed by atoms with Crippen LogP contribution in [0.2, 0.25) is 0 Å². The summed E-state index contributed by atoms with van der Waals surface area (Å²) in [6, 6.07) is 17.3. The summed E-state index contributed by atoms with van der Waals surface area (Å²) in [4.78, 5) is 9.80. The minimum atomic E-state index is -3.67. The molecule has 1 aromatic heterocycles. The molecule has 0 aliphatic carbocycles. The van der Waals surface area contributed by atoms with Crippen LogP contribution in [0.15, 0.2) is 58.8 Å². The second-order valence-corrected chi connectivity index (χ2v) is 10.1. The van der Waals surface area contributed by atoms with Gasteiger partial charge in [-0.05, 0) is 59.9 Å². The summed E-state index contributed by atoms with van der Waals surface area (Å²) in [7, 11) is -3.67. The van der Waals surface area contributed by atoms with Crippen LogP contribution in [0.3, 0.4) is 0 Å². The Labute approximate surface area is 173 Å². The molecule has 0 fully saturated rings. The molecule has 29 heavy (non-hydrogen) atoms. The number of sulfone groups is 1. The van der Waals surface area contributed by atoms with Crippen LogP contribution in [0.25, 0.3) is 11.1 Å². The van der Waals surface area contributed by atoms with Crippen LogP contribution in [-0.2, 0) is 16.4 Å². The Bertz CT molecular complexity index is 1120. The van der Waals surface area contributed by atoms with Gasteiger partial charge in [0, 0.05) is 4.92 Å². The van der Waals surface area contributed by atoms with Gasteiger partial charge in [0.15, 0.2) is 14.9 Å². The van der Waals surface area contributed by atoms with E-state index in [-0.39, 0.29) is 4.21 Å². The lowest BCUT2D eigenvalue weighted by Gasteiger charge is -2.11. The molecule has 0 saturated heterocycles. The highest BCUT2D eigenvalue weighted by molar-refractivity contribution is 7.93. The SMILES string of the molecule is Cc1cccc(C)c1-c1cccc(COc2ccc(S(=O)(=O)CC[N+](=O)[O-])s2)c1. The molecule has 6 nitrogen and oxygen atoms in total. The van der Waals surface area contributed by atoms with Crippen molar-refractivity contribution in [2.75, 3.05) is 12.3 Å². The number of rotatable bonds is 8. The fourth-order valence-corrected chi connectivity index (χ4v) is 5.54. The smallest absolute Gasteiger partial charge is 0.218 e. The van der Waals surface area contributed by atoms with E-state index in [9.17, 15) is 18.5 Å². The van der Waals surface area contributed by atoms with Crippen LogP contribution >= 0.6 is 11.3 Å². The third kappa shape index (κ3) is 5.21. The molecule has 0 aliphatic heterocycles. The first kappa shape index (κ1) is 21.0. The number of thiophene rings is 1. The lowest BCUT2D eigenvalue weighted by Crippen LogP contribution is -2.14. The van der Waals surface area contributed by atoms with E-state index in [0.717, 1.165) is 22.5 Å². The number of nitrogens with zero attached hydrogens (tertiary/aromatic N) is 1. The van der Waals surface area contributed by atoms with Crippen molar-refractivity contribution in [1.29, 1.82) is 0 Å². The maximum Gasteiger partial charge on any atom is 0.218 e. The summed E-state index contributed by atoms with van der Waals surface area (Å²) >= 11 is 0.983. The molecule has 0 spiro atoms. The Morgan fingerprint density at radius 1 is 1.03 bits per heavy atom. The minimum absolute atomic E-state index is 0.0821. The molecule has 3 aromatic rings. The Kier molecular flexibility index (Phi) is 6.34. The zero-order chi connectivity index (χ0) is 21.0. The molecule has 8 heteroatoms. The maximum atomic E-state index is 12.1. The van der Waals surface area contributed by atoms with Gasteiger partial charge in [0.1, 0.15) is 16.6 Å². The number of ether oxygens (including phenoxy) is 1. The second kappa shape index (κ2) is 8.75. The van der Waals surface area contributed by atoms with Gasteiger partial charge >= 0.3 is 0 Å². The van der Waals surface area contributed by atoms with Crippen molar-refractivity contribution in [3.05, 3.63) is 81.4 Å². The van der Waals surface area contributed by atoms with E-state index in [2.05, 4.69) is 38.1 Å². The van der Waals surface area contributed by atoms with Crippen molar-refractivity contribution in [3.8, 4) is 16.2 Å². The Morgan fingerprint density at radius 2 is 1.72 bits per heavy atom. The third-order valence-electron chi connectivity index (χ3n) is 4.48. The number of benzene rings is 2. The first-order valence-corrected chi connectivity index (χ1v) is 11.5. The van der Waals surface area contributed by atoms with Gasteiger partial charge in [-0.1, -0.05) is 47.7 Å². The molecule has 0 N–H and O–H groups in total. The lowest BCUT2D eigenvalue weighted by atomic mass is 9.95. The number of aryl methyl sites for hydroxylation is 2. The average Bonchev–Trinajstić information content (AvgIpc) is 3.15. The highest BCUT2D eigenvalue weighted by Crippen LogP contribution is 2.31. The van der Waals surface area contributed by atoms with Gasteiger partial charge in [0.05, 0.1) is 0 Å². The van der Waals surface area contributed by atoms with Crippen molar-refractivity contribution >= 4 is 21.2 Å². The zero-order valence-electron chi connectivity index (χ0n) is 16.1. The van der Waals surface area contributed by atoms with Crippen LogP contribution in [0, 0.1) is 24.0 Å². The molecule has 3 rings (SSSR count). The largest absolute Gasteiger partial charge is 0.479 e. The van der Waals surface area contributed by atoms with E-state index in [1.807, 2.05) is 18.2 Å². The standard InChI is InChI=1S/C21H21NO5S2/c1-15-5-3-6-16(2)21(15)18-8-4-7-17(13-18)14-27-19-9-10-20(28-19)29(25,26)12-11-22(23)24/h3-10,13H,11-12,14H2,1-2H3. The number of nitro groups is 1. The van der Waals surface area contributed by atoms with Crippen LogP contribution < -0.4 is 4.74 Å². The van der Waals surface area contributed by atoms with E-state index in [1.165, 1.54) is 22.8 Å². The highest BCUT2D eigenvalue weighted by atomic mass is 32.2. The molecule has 0 unspecified atom stereocenters. The van der Waals surface area contributed by atoms with E-state index >= 15 is 0 Å². The van der Waals surface area contributed by atoms with Crippen LogP contribution in [0.4, 0.5) is 0 Å². The van der Waals surface area contributed by atoms with Gasteiger partial charge < -0.3 is 4.74 Å². The van der Waals surface area contributed by atoms with Crippen LogP contribution in [0.1, 0.15) is 16.7 Å². The van der Waals surface area contributed by atoms with Crippen molar-refractivity contribution in [1.82, 2.24) is 0 Å². The summed E-state index contributed by atoms with van der Waals surface area (Å²) in [5.41, 5.74) is 5.67. The Balaban J connectivity index is 1.72. The number of hydrogen-bond acceptors (Lipinski definition) is 6. The number of hydrogen-bond donors (Lipinski definition) is 0. The summed E-state index contributed by atoms with van der Waals surface area (Å²) in [5, 5.41) is 10.9. The summed E-state index contributed by atoms with van der Waals surface area (Å²) in [6.45, 7) is 3.85. The van der Waals surface area contributed by atoms with Gasteiger partial charge in [-0.3, -0.25) is 10.1 Å². The molecule has 0 saturated carbocycles. The fourth-order valence-electron chi connectivity index (χ4n) is 3.08. The Morgan fingerprint density at radius 3 is 2.41 bits per heavy atom. The van der Waals surface area contributed by atoms with Gasteiger partial charge in [0.2, 0.25) is 6.54 Å². The molecular formula is C21H21NO5S2. The summed E-state index contributed by atoms with van der Waals surface area (Å²) < 4.78 is 30.1. The van der Waals surface area contributed by atoms with E-state index in [1.54, 1.807) is 6.07 Å². The molecule has 0 aliphatic rings. The molecule has 0 atom stereocenters. The van der Waals surface area contributed by atoms with Gasteiger partial charge in [-0.2, -0.15) is 0 Å². The molecule has 1 heterocycles. The van der Waals surface area contributed by atoms with Crippen molar-refractivity contribution in [2.45, 2.75) is 24.7 Å². The summed E-state index contributed by atoms with van der Waals surface area (Å²) in [6.07, 6.45) is 0. The van der Waals surface area contributed by atoms with Crippen molar-refractivity contribution < 1.29 is 18.1 Å². The van der Waals surface area contributed by atoms with Gasteiger partial charge in [-0.15, -0.1) is 0 Å². The normalized spacial score (nSPS) is 11.4. The second-order valence-electron chi connectivity index (χ2n) is 6.70. The molecule has 0 amide bonds. The maximum absolute atomic E-state index is 12.1. The quantitative estimate of drug-likeness (QED) is 0.382. The third-order valence-corrected chi connectivity index (χ3v) is 7.76. The molecule has 0 bridgehead atoms. The zero-order valence-corrected chi connectivity index (χ0v) is 17.8. The van der Waals surface area contributed by atoms with Crippen LogP contribution in [0.5, 0.6) is 5.06 Å². The average molecular weight is 432 g/mol. The molecule has 0 radical (unpaired) electrons. The topological polar surface area (TPSA) is 86.5 Å². The molecule has 152 valence electrons. The van der Waals surface area contributed by atoms with E-state index in [0.29, 0.717) is 11.7 Å². The van der Waals surface area contributed by atoms with Crippen molar-refractivity contribution in [3.63, 3.8) is 0 Å². The fraction of sp³-hybridized carbons (Fsp3) is 0.238. The van der Waals surface area contributed by atoms with Gasteiger partial charge in [-0.25, -0.2) is 8.42 Å². The summed E-state index contributed by atoms with van der Waals surface area (Å²) in [5.74, 6) is -0.516. The Hall–Kier alpha value is -2.71. The molecule has 2 aromatic carbocycles. The first-order valence-electron chi connectivity index (χ1n) is 8.99. The highest BCUT2D eigenvalue weighted by Gasteiger charge is 2.20.